The number of nitrogens with zero attached hydrogens (tertiary/aromatic N) is 2. The van der Waals surface area contributed by atoms with Gasteiger partial charge in [-0.2, -0.15) is 0 Å². The van der Waals surface area contributed by atoms with Crippen LogP contribution in [-0.2, 0) is 0 Å². The van der Waals surface area contributed by atoms with Gasteiger partial charge < -0.3 is 15.1 Å². The van der Waals surface area contributed by atoms with Gasteiger partial charge in [-0.1, -0.05) is 42.5 Å². The molecule has 1 N–H and O–H groups in total. The van der Waals surface area contributed by atoms with Gasteiger partial charge in [-0.3, -0.25) is 9.59 Å². The molecule has 0 unspecified atom stereocenters. The molecule has 0 atom stereocenters. The van der Waals surface area contributed by atoms with Gasteiger partial charge in [-0.25, -0.2) is 0 Å². The van der Waals surface area contributed by atoms with E-state index in [0.29, 0.717) is 29.9 Å². The van der Waals surface area contributed by atoms with Crippen LogP contribution in [0.4, 0.5) is 11.4 Å². The maximum Gasteiger partial charge on any atom is 0.256 e. The van der Waals surface area contributed by atoms with Gasteiger partial charge in [-0.15, -0.1) is 0 Å². The van der Waals surface area contributed by atoms with Gasteiger partial charge in [0.25, 0.3) is 11.8 Å². The Labute approximate surface area is 176 Å². The van der Waals surface area contributed by atoms with Crippen molar-refractivity contribution < 1.29 is 9.59 Å². The third kappa shape index (κ3) is 4.35. The molecule has 30 heavy (non-hydrogen) atoms. The first kappa shape index (κ1) is 19.7. The van der Waals surface area contributed by atoms with Crippen LogP contribution in [0, 0.1) is 6.92 Å². The molecule has 0 aliphatic carbocycles. The van der Waals surface area contributed by atoms with Crippen molar-refractivity contribution in [3.63, 3.8) is 0 Å². The maximum absolute atomic E-state index is 13.2. The van der Waals surface area contributed by atoms with Crippen molar-refractivity contribution in [2.75, 3.05) is 36.4 Å². The van der Waals surface area contributed by atoms with Gasteiger partial charge in [0, 0.05) is 37.4 Å². The zero-order valence-corrected chi connectivity index (χ0v) is 17.0. The Bertz CT molecular complexity index is 1040. The highest BCUT2D eigenvalue weighted by Crippen LogP contribution is 2.22. The quantitative estimate of drug-likeness (QED) is 0.715. The molecular weight excluding hydrogens is 374 g/mol. The number of nitrogens with one attached hydrogen (secondary N) is 1. The van der Waals surface area contributed by atoms with Gasteiger partial charge >= 0.3 is 0 Å². The summed E-state index contributed by atoms with van der Waals surface area (Å²) in [5.74, 6) is -0.275. The smallest absolute Gasteiger partial charge is 0.256 e. The largest absolute Gasteiger partial charge is 0.368 e. The molecule has 1 fully saturated rings. The van der Waals surface area contributed by atoms with Crippen LogP contribution in [0.25, 0.3) is 0 Å². The third-order valence-electron chi connectivity index (χ3n) is 5.38. The second-order valence-corrected chi connectivity index (χ2v) is 7.48. The number of anilines is 2. The van der Waals surface area contributed by atoms with Crippen LogP contribution in [0.1, 0.15) is 26.3 Å². The molecule has 3 aromatic carbocycles. The van der Waals surface area contributed by atoms with Crippen molar-refractivity contribution in [3.8, 4) is 0 Å². The van der Waals surface area contributed by atoms with Gasteiger partial charge in [0.2, 0.25) is 0 Å². The summed E-state index contributed by atoms with van der Waals surface area (Å²) in [6.45, 7) is 4.95. The topological polar surface area (TPSA) is 52.6 Å². The Morgan fingerprint density at radius 3 is 2.23 bits per heavy atom. The molecular formula is C25H25N3O2. The maximum atomic E-state index is 13.2. The van der Waals surface area contributed by atoms with Crippen LogP contribution in [-0.4, -0.2) is 42.9 Å². The predicted octanol–water partition coefficient (Wildman–Crippen LogP) is 4.21. The molecule has 4 rings (SSSR count). The molecule has 1 saturated heterocycles. The van der Waals surface area contributed by atoms with Gasteiger partial charge in [0.05, 0.1) is 11.3 Å². The third-order valence-corrected chi connectivity index (χ3v) is 5.38. The minimum atomic E-state index is -0.222. The molecule has 0 radical (unpaired) electrons. The standard InChI is InChI=1S/C25H25N3O2/c1-19-8-7-11-21(18-19)27-14-16-28(17-15-27)25(30)22-12-5-6-13-23(22)26-24(29)20-9-3-2-4-10-20/h2-13,18H,14-17H2,1H3,(H,26,29). The van der Waals surface area contributed by atoms with Crippen LogP contribution in [0.15, 0.2) is 78.9 Å². The number of aryl methyl sites for hydroxylation is 1. The highest BCUT2D eigenvalue weighted by atomic mass is 16.2. The molecule has 3 aromatic rings. The van der Waals surface area contributed by atoms with E-state index < -0.39 is 0 Å². The van der Waals surface area contributed by atoms with E-state index in [0.717, 1.165) is 13.1 Å². The number of carbonyl (C=O) groups is 2. The predicted molar refractivity (Wildman–Crippen MR) is 120 cm³/mol. The average molecular weight is 399 g/mol. The molecule has 0 aromatic heterocycles. The Kier molecular flexibility index (Phi) is 5.80. The zero-order chi connectivity index (χ0) is 20.9. The number of benzene rings is 3. The molecule has 2 amide bonds. The molecule has 0 bridgehead atoms. The van der Waals surface area contributed by atoms with Gasteiger partial charge in [0.15, 0.2) is 0 Å². The fraction of sp³-hybridized carbons (Fsp3) is 0.200. The monoisotopic (exact) mass is 399 g/mol. The first-order valence-corrected chi connectivity index (χ1v) is 10.2. The summed E-state index contributed by atoms with van der Waals surface area (Å²) in [7, 11) is 0. The lowest BCUT2D eigenvalue weighted by molar-refractivity contribution is 0.0748. The first-order valence-electron chi connectivity index (χ1n) is 10.2. The van der Waals surface area contributed by atoms with E-state index in [1.54, 1.807) is 24.3 Å². The minimum Gasteiger partial charge on any atom is -0.368 e. The molecule has 1 heterocycles. The fourth-order valence-electron chi connectivity index (χ4n) is 3.73. The summed E-state index contributed by atoms with van der Waals surface area (Å²) in [5.41, 5.74) is 4.04. The molecule has 1 aliphatic rings. The number of para-hydroxylation sites is 1. The summed E-state index contributed by atoms with van der Waals surface area (Å²) in [6, 6.07) is 24.6. The lowest BCUT2D eigenvalue weighted by Crippen LogP contribution is -2.49. The Morgan fingerprint density at radius 2 is 1.50 bits per heavy atom. The molecule has 1 aliphatic heterocycles. The van der Waals surface area contributed by atoms with E-state index in [1.165, 1.54) is 11.3 Å². The van der Waals surface area contributed by atoms with E-state index in [1.807, 2.05) is 35.2 Å². The van der Waals surface area contributed by atoms with E-state index >= 15 is 0 Å². The normalized spacial score (nSPS) is 13.8. The van der Waals surface area contributed by atoms with Crippen LogP contribution in [0.2, 0.25) is 0 Å². The number of piperazine rings is 1. The second kappa shape index (κ2) is 8.82. The SMILES string of the molecule is Cc1cccc(N2CCN(C(=O)c3ccccc3NC(=O)c3ccccc3)CC2)c1. The van der Waals surface area contributed by atoms with Crippen molar-refractivity contribution in [2.45, 2.75) is 6.92 Å². The number of rotatable bonds is 4. The highest BCUT2D eigenvalue weighted by molar-refractivity contribution is 6.09. The minimum absolute atomic E-state index is 0.0529. The Balaban J connectivity index is 1.45. The van der Waals surface area contributed by atoms with E-state index in [2.05, 4.69) is 41.4 Å². The van der Waals surface area contributed by atoms with Crippen LogP contribution in [0.3, 0.4) is 0 Å². The number of hydrogen-bond donors (Lipinski definition) is 1. The number of amides is 2. The number of carbonyl (C=O) groups excluding carboxylic acids is 2. The Morgan fingerprint density at radius 1 is 0.800 bits per heavy atom. The molecule has 0 spiro atoms. The van der Waals surface area contributed by atoms with Crippen molar-refractivity contribution in [2.24, 2.45) is 0 Å². The van der Waals surface area contributed by atoms with Crippen molar-refractivity contribution in [1.82, 2.24) is 4.90 Å². The Hall–Kier alpha value is -3.60. The summed E-state index contributed by atoms with van der Waals surface area (Å²) in [4.78, 5) is 29.9. The average Bonchev–Trinajstić information content (AvgIpc) is 2.80. The highest BCUT2D eigenvalue weighted by Gasteiger charge is 2.24. The molecule has 0 saturated carbocycles. The number of hydrogen-bond acceptors (Lipinski definition) is 3. The summed E-state index contributed by atoms with van der Waals surface area (Å²) in [5, 5.41) is 2.89. The van der Waals surface area contributed by atoms with Gasteiger partial charge in [0.1, 0.15) is 0 Å². The fourth-order valence-corrected chi connectivity index (χ4v) is 3.73. The van der Waals surface area contributed by atoms with Crippen LogP contribution >= 0.6 is 0 Å². The van der Waals surface area contributed by atoms with Gasteiger partial charge in [-0.05, 0) is 48.9 Å². The van der Waals surface area contributed by atoms with Crippen molar-refractivity contribution >= 4 is 23.2 Å². The molecule has 5 nitrogen and oxygen atoms in total. The molecule has 152 valence electrons. The van der Waals surface area contributed by atoms with Crippen molar-refractivity contribution in [3.05, 3.63) is 95.6 Å². The summed E-state index contributed by atoms with van der Waals surface area (Å²) < 4.78 is 0. The lowest BCUT2D eigenvalue weighted by Gasteiger charge is -2.36. The van der Waals surface area contributed by atoms with Crippen LogP contribution in [0.5, 0.6) is 0 Å². The lowest BCUT2D eigenvalue weighted by atomic mass is 10.1. The van der Waals surface area contributed by atoms with Crippen LogP contribution < -0.4 is 10.2 Å². The zero-order valence-electron chi connectivity index (χ0n) is 17.0. The van der Waals surface area contributed by atoms with E-state index in [4.69, 9.17) is 0 Å². The van der Waals surface area contributed by atoms with E-state index in [9.17, 15) is 9.59 Å². The molecule has 5 heteroatoms. The van der Waals surface area contributed by atoms with E-state index in [-0.39, 0.29) is 11.8 Å². The second-order valence-electron chi connectivity index (χ2n) is 7.48. The summed E-state index contributed by atoms with van der Waals surface area (Å²) >= 11 is 0. The van der Waals surface area contributed by atoms with Crippen molar-refractivity contribution in [1.29, 1.82) is 0 Å². The first-order chi connectivity index (χ1) is 14.6. The summed E-state index contributed by atoms with van der Waals surface area (Å²) in [6.07, 6.45) is 0.